The van der Waals surface area contributed by atoms with Crippen LogP contribution in [0, 0.1) is 0 Å². The zero-order chi connectivity index (χ0) is 14.9. The van der Waals surface area contributed by atoms with Gasteiger partial charge < -0.3 is 0 Å². The molecule has 1 atom stereocenters. The van der Waals surface area contributed by atoms with Crippen LogP contribution in [-0.4, -0.2) is 25.3 Å². The second kappa shape index (κ2) is 6.08. The van der Waals surface area contributed by atoms with Crippen LogP contribution < -0.4 is 0 Å². The van der Waals surface area contributed by atoms with Crippen LogP contribution in [0.15, 0.2) is 46.7 Å². The normalized spacial score (nSPS) is 20.0. The first-order chi connectivity index (χ1) is 10.1. The first-order valence-corrected chi connectivity index (χ1v) is 9.52. The summed E-state index contributed by atoms with van der Waals surface area (Å²) in [6, 6.07) is 13.3. The molecule has 2 heterocycles. The Bertz CT molecular complexity index is 712. The Hall–Kier alpha value is -0.880. The van der Waals surface area contributed by atoms with E-state index in [0.717, 1.165) is 30.6 Å². The van der Waals surface area contributed by atoms with Crippen molar-refractivity contribution in [2.75, 3.05) is 6.54 Å². The summed E-state index contributed by atoms with van der Waals surface area (Å²) in [6.07, 6.45) is 2.59. The minimum absolute atomic E-state index is 0.0401. The Morgan fingerprint density at radius 3 is 2.62 bits per heavy atom. The van der Waals surface area contributed by atoms with E-state index in [-0.39, 0.29) is 6.04 Å². The fraction of sp³-hybridized carbons (Fsp3) is 0.333. The lowest BCUT2D eigenvalue weighted by molar-refractivity contribution is 0.386. The maximum absolute atomic E-state index is 12.7. The predicted octanol–water partition coefficient (Wildman–Crippen LogP) is 3.80. The monoisotopic (exact) mass is 341 g/mol. The van der Waals surface area contributed by atoms with Crippen LogP contribution in [0.5, 0.6) is 0 Å². The minimum atomic E-state index is -3.42. The van der Waals surface area contributed by atoms with Crippen molar-refractivity contribution in [1.82, 2.24) is 4.31 Å². The van der Waals surface area contributed by atoms with Gasteiger partial charge in [0.2, 0.25) is 0 Å². The maximum atomic E-state index is 12.7. The third-order valence-corrected chi connectivity index (χ3v) is 7.40. The van der Waals surface area contributed by atoms with E-state index in [9.17, 15) is 8.42 Å². The average molecular weight is 342 g/mol. The standard InChI is InChI=1S/C15H16ClNO2S2/c16-14-8-9-15(20-14)21(18,19)17-10-4-7-13(17)11-12-5-2-1-3-6-12/h1-3,5-6,8-9,13H,4,7,10-11H2. The second-order valence-corrected chi connectivity index (χ2v) is 8.99. The van der Waals surface area contributed by atoms with Crippen LogP contribution in [0.3, 0.4) is 0 Å². The molecule has 0 saturated carbocycles. The lowest BCUT2D eigenvalue weighted by Crippen LogP contribution is -2.36. The van der Waals surface area contributed by atoms with Crippen LogP contribution in [-0.2, 0) is 16.4 Å². The summed E-state index contributed by atoms with van der Waals surface area (Å²) in [4.78, 5) is 0. The second-order valence-electron chi connectivity index (χ2n) is 5.16. The Balaban J connectivity index is 1.84. The summed E-state index contributed by atoms with van der Waals surface area (Å²) in [5, 5.41) is 0. The van der Waals surface area contributed by atoms with Crippen LogP contribution in [0.2, 0.25) is 4.34 Å². The Labute approximate surface area is 134 Å². The molecule has 1 saturated heterocycles. The van der Waals surface area contributed by atoms with Crippen LogP contribution in [0.1, 0.15) is 18.4 Å². The third kappa shape index (κ3) is 3.16. The molecule has 3 rings (SSSR count). The molecule has 1 fully saturated rings. The van der Waals surface area contributed by atoms with Gasteiger partial charge >= 0.3 is 0 Å². The highest BCUT2D eigenvalue weighted by atomic mass is 35.5. The summed E-state index contributed by atoms with van der Waals surface area (Å²) in [5.41, 5.74) is 1.17. The van der Waals surface area contributed by atoms with E-state index < -0.39 is 10.0 Å². The highest BCUT2D eigenvalue weighted by molar-refractivity contribution is 7.91. The lowest BCUT2D eigenvalue weighted by atomic mass is 10.1. The zero-order valence-corrected chi connectivity index (χ0v) is 13.8. The molecule has 1 aliphatic heterocycles. The van der Waals surface area contributed by atoms with Gasteiger partial charge in [0.15, 0.2) is 0 Å². The van der Waals surface area contributed by atoms with Gasteiger partial charge in [-0.25, -0.2) is 8.42 Å². The average Bonchev–Trinajstić information content (AvgIpc) is 3.09. The number of sulfonamides is 1. The van der Waals surface area contributed by atoms with Crippen molar-refractivity contribution in [2.24, 2.45) is 0 Å². The molecular formula is C15H16ClNO2S2. The molecule has 3 nitrogen and oxygen atoms in total. The summed E-state index contributed by atoms with van der Waals surface area (Å²) in [7, 11) is -3.42. The largest absolute Gasteiger partial charge is 0.252 e. The van der Waals surface area contributed by atoms with E-state index in [0.29, 0.717) is 15.1 Å². The summed E-state index contributed by atoms with van der Waals surface area (Å²) in [6.45, 7) is 0.593. The van der Waals surface area contributed by atoms with Gasteiger partial charge in [-0.05, 0) is 37.0 Å². The molecular weight excluding hydrogens is 326 g/mol. The number of hydrogen-bond acceptors (Lipinski definition) is 3. The number of benzene rings is 1. The van der Waals surface area contributed by atoms with Gasteiger partial charge in [-0.1, -0.05) is 41.9 Å². The zero-order valence-electron chi connectivity index (χ0n) is 11.4. The van der Waals surface area contributed by atoms with Gasteiger partial charge in [0.25, 0.3) is 10.0 Å². The number of rotatable bonds is 4. The first kappa shape index (κ1) is 15.0. The third-order valence-electron chi connectivity index (χ3n) is 3.75. The van der Waals surface area contributed by atoms with E-state index in [1.165, 1.54) is 5.56 Å². The van der Waals surface area contributed by atoms with Gasteiger partial charge in [-0.3, -0.25) is 0 Å². The van der Waals surface area contributed by atoms with Crippen molar-refractivity contribution in [3.63, 3.8) is 0 Å². The highest BCUT2D eigenvalue weighted by Crippen LogP contribution is 2.33. The fourth-order valence-electron chi connectivity index (χ4n) is 2.77. The molecule has 112 valence electrons. The van der Waals surface area contributed by atoms with Gasteiger partial charge in [-0.15, -0.1) is 11.3 Å². The Morgan fingerprint density at radius 1 is 1.19 bits per heavy atom. The van der Waals surface area contributed by atoms with Crippen LogP contribution in [0.25, 0.3) is 0 Å². The molecule has 1 aromatic heterocycles. The van der Waals surface area contributed by atoms with Gasteiger partial charge in [0.05, 0.1) is 4.34 Å². The number of hydrogen-bond donors (Lipinski definition) is 0. The Morgan fingerprint density at radius 2 is 1.95 bits per heavy atom. The number of nitrogens with zero attached hydrogens (tertiary/aromatic N) is 1. The molecule has 0 bridgehead atoms. The smallest absolute Gasteiger partial charge is 0.206 e. The molecule has 2 aromatic rings. The van der Waals surface area contributed by atoms with Crippen molar-refractivity contribution in [2.45, 2.75) is 29.5 Å². The molecule has 21 heavy (non-hydrogen) atoms. The van der Waals surface area contributed by atoms with Gasteiger partial charge in [-0.2, -0.15) is 4.31 Å². The lowest BCUT2D eigenvalue weighted by Gasteiger charge is -2.23. The molecule has 0 amide bonds. The SMILES string of the molecule is O=S(=O)(c1ccc(Cl)s1)N1CCCC1Cc1ccccc1. The van der Waals surface area contributed by atoms with Gasteiger partial charge in [0, 0.05) is 12.6 Å². The van der Waals surface area contributed by atoms with Gasteiger partial charge in [0.1, 0.15) is 4.21 Å². The van der Waals surface area contributed by atoms with E-state index >= 15 is 0 Å². The fourth-order valence-corrected chi connectivity index (χ4v) is 6.07. The molecule has 0 radical (unpaired) electrons. The first-order valence-electron chi connectivity index (χ1n) is 6.88. The minimum Gasteiger partial charge on any atom is -0.206 e. The van der Waals surface area contributed by atoms with E-state index in [4.69, 9.17) is 11.6 Å². The molecule has 1 aromatic carbocycles. The van der Waals surface area contributed by atoms with Crippen molar-refractivity contribution < 1.29 is 8.42 Å². The van der Waals surface area contributed by atoms with Crippen molar-refractivity contribution in [3.05, 3.63) is 52.4 Å². The summed E-state index contributed by atoms with van der Waals surface area (Å²) >= 11 is 7.00. The molecule has 0 aliphatic carbocycles. The quantitative estimate of drug-likeness (QED) is 0.848. The number of thiophene rings is 1. The van der Waals surface area contributed by atoms with Crippen molar-refractivity contribution in [1.29, 1.82) is 0 Å². The van der Waals surface area contributed by atoms with E-state index in [1.54, 1.807) is 16.4 Å². The molecule has 1 unspecified atom stereocenters. The van der Waals surface area contributed by atoms with Crippen molar-refractivity contribution >= 4 is 33.0 Å². The molecule has 0 spiro atoms. The van der Waals surface area contributed by atoms with Crippen molar-refractivity contribution in [3.8, 4) is 0 Å². The maximum Gasteiger partial charge on any atom is 0.252 e. The summed E-state index contributed by atoms with van der Waals surface area (Å²) < 4.78 is 27.9. The van der Waals surface area contributed by atoms with E-state index in [1.807, 2.05) is 30.3 Å². The van der Waals surface area contributed by atoms with Crippen LogP contribution in [0.4, 0.5) is 0 Å². The highest BCUT2D eigenvalue weighted by Gasteiger charge is 2.35. The molecule has 0 N–H and O–H groups in total. The predicted molar refractivity (Wildman–Crippen MR) is 86.4 cm³/mol. The topological polar surface area (TPSA) is 37.4 Å². The molecule has 1 aliphatic rings. The number of halogens is 1. The summed E-state index contributed by atoms with van der Waals surface area (Å²) in [5.74, 6) is 0. The molecule has 6 heteroatoms. The Kier molecular flexibility index (Phi) is 4.36. The van der Waals surface area contributed by atoms with Crippen LogP contribution >= 0.6 is 22.9 Å². The van der Waals surface area contributed by atoms with E-state index in [2.05, 4.69) is 0 Å².